The van der Waals surface area contributed by atoms with Gasteiger partial charge in [-0.1, -0.05) is 53.4 Å². The molecule has 2 nitrogen and oxygen atoms in total. The van der Waals surface area contributed by atoms with Crippen molar-refractivity contribution in [2.24, 2.45) is 0 Å². The normalized spacial score (nSPS) is 14.6. The minimum absolute atomic E-state index is 0.0210. The second kappa shape index (κ2) is 17.8. The molecule has 0 aromatic heterocycles. The maximum Gasteiger partial charge on any atom is 0.385 e. The molecule has 22 heteroatoms. The van der Waals surface area contributed by atoms with E-state index in [4.69, 9.17) is 11.5 Å². The van der Waals surface area contributed by atoms with Crippen LogP contribution in [0.5, 0.6) is 0 Å². The molecule has 0 radical (unpaired) electrons. The van der Waals surface area contributed by atoms with E-state index in [1.807, 2.05) is 0 Å². The van der Waals surface area contributed by atoms with Crippen LogP contribution in [0.25, 0.3) is 0 Å². The van der Waals surface area contributed by atoms with Crippen molar-refractivity contribution in [3.05, 3.63) is 57.6 Å². The summed E-state index contributed by atoms with van der Waals surface area (Å²) in [5.74, 6) is -83.1. The Morgan fingerprint density at radius 3 is 0.650 bits per heavy atom. The third-order valence-electron chi connectivity index (χ3n) is 10.2. The number of nitrogens with two attached hydrogens (primary N) is 2. The zero-order chi connectivity index (χ0) is 46.9. The smallest absolute Gasteiger partial charge is 0.385 e. The maximum atomic E-state index is 15.4. The van der Waals surface area contributed by atoms with Crippen LogP contribution >= 0.6 is 0 Å². The number of anilines is 2. The molecule has 0 amide bonds. The van der Waals surface area contributed by atoms with Crippen LogP contribution in [0.2, 0.25) is 0 Å². The molecule has 2 aromatic carbocycles. The molecule has 0 heterocycles. The van der Waals surface area contributed by atoms with Gasteiger partial charge in [-0.2, -0.15) is 87.8 Å². The second-order valence-corrected chi connectivity index (χ2v) is 14.6. The zero-order valence-corrected chi connectivity index (χ0v) is 32.5. The summed E-state index contributed by atoms with van der Waals surface area (Å²) in [6, 6.07) is -0.0838. The highest BCUT2D eigenvalue weighted by Gasteiger charge is 2.97. The summed E-state index contributed by atoms with van der Waals surface area (Å²) in [5, 5.41) is 0. The summed E-state index contributed by atoms with van der Waals surface area (Å²) >= 11 is 0. The van der Waals surface area contributed by atoms with Gasteiger partial charge in [-0.3, -0.25) is 0 Å². The van der Waals surface area contributed by atoms with Gasteiger partial charge in [-0.15, -0.1) is 0 Å². The van der Waals surface area contributed by atoms with Crippen molar-refractivity contribution in [1.29, 1.82) is 0 Å². The van der Waals surface area contributed by atoms with Gasteiger partial charge in [0.25, 0.3) is 0 Å². The number of alkyl halides is 20. The monoisotopic (exact) mass is 908 g/mol. The highest BCUT2D eigenvalue weighted by molar-refractivity contribution is 5.58. The van der Waals surface area contributed by atoms with Crippen LogP contribution in [0.4, 0.5) is 99.2 Å². The van der Waals surface area contributed by atoms with Crippen molar-refractivity contribution in [3.8, 4) is 0 Å². The zero-order valence-electron chi connectivity index (χ0n) is 32.5. The van der Waals surface area contributed by atoms with E-state index in [1.165, 1.54) is 27.7 Å². The van der Waals surface area contributed by atoms with Gasteiger partial charge >= 0.3 is 59.2 Å². The highest BCUT2D eigenvalue weighted by atomic mass is 19.4. The van der Waals surface area contributed by atoms with Gasteiger partial charge in [0, 0.05) is 22.5 Å². The Morgan fingerprint density at radius 1 is 0.317 bits per heavy atom. The van der Waals surface area contributed by atoms with Crippen LogP contribution in [0.15, 0.2) is 24.3 Å². The molecule has 0 aliphatic carbocycles. The summed E-state index contributed by atoms with van der Waals surface area (Å²) in [4.78, 5) is 0. The van der Waals surface area contributed by atoms with E-state index in [0.29, 0.717) is 0 Å². The van der Waals surface area contributed by atoms with Crippen molar-refractivity contribution >= 4 is 11.4 Å². The summed E-state index contributed by atoms with van der Waals surface area (Å²) in [6.45, 7) is 6.11. The molecule has 0 saturated heterocycles. The van der Waals surface area contributed by atoms with E-state index >= 15 is 35.1 Å². The van der Waals surface area contributed by atoms with Gasteiger partial charge in [-0.25, -0.2) is 0 Å². The number of rotatable bonds is 23. The molecule has 0 spiro atoms. The fourth-order valence-electron chi connectivity index (χ4n) is 6.16. The lowest BCUT2D eigenvalue weighted by atomic mass is 9.83. The summed E-state index contributed by atoms with van der Waals surface area (Å²) in [5.41, 5.74) is 4.40. The average Bonchev–Trinajstić information content (AvgIpc) is 3.15. The average molecular weight is 909 g/mol. The molecule has 346 valence electrons. The van der Waals surface area contributed by atoms with E-state index in [9.17, 15) is 52.7 Å². The molecule has 0 saturated carbocycles. The predicted molar refractivity (Wildman–Crippen MR) is 184 cm³/mol. The number of hydrogen-bond donors (Lipinski definition) is 2. The van der Waals surface area contributed by atoms with Gasteiger partial charge < -0.3 is 11.5 Å². The third-order valence-corrected chi connectivity index (χ3v) is 10.2. The van der Waals surface area contributed by atoms with Crippen LogP contribution in [0.1, 0.15) is 112 Å². The Bertz CT molecular complexity index is 1580. The minimum Gasteiger partial charge on any atom is -0.398 e. The number of hydrogen-bond acceptors (Lipinski definition) is 2. The van der Waals surface area contributed by atoms with Crippen molar-refractivity contribution in [2.75, 3.05) is 11.5 Å². The molecule has 4 N–H and O–H groups in total. The van der Waals surface area contributed by atoms with E-state index in [-0.39, 0.29) is 113 Å². The lowest BCUT2D eigenvalue weighted by molar-refractivity contribution is -0.470. The third kappa shape index (κ3) is 8.30. The van der Waals surface area contributed by atoms with Crippen LogP contribution in [-0.4, -0.2) is 47.4 Å². The summed E-state index contributed by atoms with van der Waals surface area (Å²) in [7, 11) is 0. The number of benzene rings is 2. The van der Waals surface area contributed by atoms with Crippen LogP contribution < -0.4 is 11.5 Å². The first-order valence-corrected chi connectivity index (χ1v) is 18.7. The van der Waals surface area contributed by atoms with Crippen molar-refractivity contribution in [2.45, 2.75) is 164 Å². The second-order valence-electron chi connectivity index (χ2n) is 14.6. The van der Waals surface area contributed by atoms with E-state index in [0.717, 1.165) is 0 Å². The number of aryl methyl sites for hydroxylation is 4. The maximum absolute atomic E-state index is 15.4. The Hall–Kier alpha value is -3.36. The molecule has 0 aliphatic rings. The lowest BCUT2D eigenvalue weighted by Gasteiger charge is -2.45. The molecule has 0 bridgehead atoms. The topological polar surface area (TPSA) is 52.0 Å². The van der Waals surface area contributed by atoms with Gasteiger partial charge in [0.2, 0.25) is 0 Å². The SMILES string of the molecule is CCCCc1cc(C(F)(F)C(F)(F)C(F)(F)C(F)(F)C(F)(F)C(F)(F)C(F)(F)C(F)(F)C(F)(F)C(F)(F)c2cc(CCCC)c(N)c(CCCC)c2)cc(CCCC)c1N. The first-order valence-electron chi connectivity index (χ1n) is 18.7. The van der Waals surface area contributed by atoms with Gasteiger partial charge in [0.05, 0.1) is 0 Å². The Kier molecular flexibility index (Phi) is 15.6. The molecular weight excluding hydrogens is 864 g/mol. The molecule has 0 aliphatic heterocycles. The Balaban J connectivity index is 2.80. The molecule has 0 unspecified atom stereocenters. The van der Waals surface area contributed by atoms with E-state index in [1.54, 1.807) is 0 Å². The first-order chi connectivity index (χ1) is 27.0. The molecular formula is C38H44F20N2. The Morgan fingerprint density at radius 2 is 0.483 bits per heavy atom. The van der Waals surface area contributed by atoms with Crippen molar-refractivity contribution in [1.82, 2.24) is 0 Å². The first kappa shape index (κ1) is 52.8. The minimum atomic E-state index is -9.12. The van der Waals surface area contributed by atoms with Crippen LogP contribution in [-0.2, 0) is 37.5 Å². The van der Waals surface area contributed by atoms with Crippen LogP contribution in [0, 0.1) is 0 Å². The standard InChI is InChI=1S/C38H44F20N2/c1-5-9-13-21-17-25(18-22(27(21)59)14-10-6-2)29(39,40)31(43,44)33(47,48)35(51,52)37(55,56)38(57,58)36(53,54)34(49,50)32(45,46)30(41,42)26-19-23(15-11-7-3)28(60)24(20-26)16-12-8-4/h17-20H,5-16,59-60H2,1-4H3. The molecule has 60 heavy (non-hydrogen) atoms. The molecule has 2 aromatic rings. The fraction of sp³-hybridized carbons (Fsp3) is 0.684. The van der Waals surface area contributed by atoms with E-state index < -0.39 is 92.6 Å². The fourth-order valence-corrected chi connectivity index (χ4v) is 6.16. The summed E-state index contributed by atoms with van der Waals surface area (Å²) < 4.78 is 301. The van der Waals surface area contributed by atoms with E-state index in [2.05, 4.69) is 0 Å². The lowest BCUT2D eigenvalue weighted by Crippen LogP contribution is -2.76. The van der Waals surface area contributed by atoms with Gasteiger partial charge in [-0.05, 0) is 97.9 Å². The molecule has 0 atom stereocenters. The van der Waals surface area contributed by atoms with Crippen molar-refractivity contribution < 1.29 is 87.8 Å². The Labute approximate surface area is 332 Å². The number of halogens is 20. The van der Waals surface area contributed by atoms with Gasteiger partial charge in [0.15, 0.2) is 0 Å². The predicted octanol–water partition coefficient (Wildman–Crippen LogP) is 14.2. The van der Waals surface area contributed by atoms with Crippen molar-refractivity contribution in [3.63, 3.8) is 0 Å². The highest BCUT2D eigenvalue weighted by Crippen LogP contribution is 2.67. The van der Waals surface area contributed by atoms with Gasteiger partial charge in [0.1, 0.15) is 0 Å². The number of unbranched alkanes of at least 4 members (excludes halogenated alkanes) is 4. The molecule has 2 rings (SSSR count). The quantitative estimate of drug-likeness (QED) is 0.0862. The van der Waals surface area contributed by atoms with Crippen LogP contribution in [0.3, 0.4) is 0 Å². The number of nitrogen functional groups attached to an aromatic ring is 2. The molecule has 0 fully saturated rings. The largest absolute Gasteiger partial charge is 0.398 e. The summed E-state index contributed by atoms with van der Waals surface area (Å²) in [6.07, 6.45) is -0.0953.